The maximum absolute atomic E-state index is 12.9. The molecule has 2 aliphatic rings. The van der Waals surface area contributed by atoms with E-state index in [9.17, 15) is 13.2 Å². The van der Waals surface area contributed by atoms with Gasteiger partial charge in [-0.1, -0.05) is 23.8 Å². The zero-order valence-corrected chi connectivity index (χ0v) is 14.2. The van der Waals surface area contributed by atoms with Gasteiger partial charge in [0.25, 0.3) is 0 Å². The molecule has 1 aliphatic carbocycles. The lowest BCUT2D eigenvalue weighted by Crippen LogP contribution is -2.28. The highest BCUT2D eigenvalue weighted by Gasteiger charge is 2.42. The molecular weight excluding hydrogens is 351 g/mol. The van der Waals surface area contributed by atoms with Crippen molar-refractivity contribution in [3.8, 4) is 5.69 Å². The number of hydrogen-bond donors (Lipinski definition) is 0. The van der Waals surface area contributed by atoms with E-state index in [4.69, 9.17) is 11.6 Å². The molecule has 0 radical (unpaired) electrons. The molecule has 0 N–H and O–H groups in total. The lowest BCUT2D eigenvalue weighted by atomic mass is 9.81. The summed E-state index contributed by atoms with van der Waals surface area (Å²) in [4.78, 5) is 0. The van der Waals surface area contributed by atoms with Crippen LogP contribution in [-0.2, 0) is 6.42 Å². The van der Waals surface area contributed by atoms with E-state index in [1.54, 1.807) is 0 Å². The number of hydrogen-bond acceptors (Lipinski definition) is 2. The highest BCUT2D eigenvalue weighted by molar-refractivity contribution is 6.30. The van der Waals surface area contributed by atoms with Crippen molar-refractivity contribution in [1.29, 1.82) is 0 Å². The Morgan fingerprint density at radius 2 is 1.84 bits per heavy atom. The maximum Gasteiger partial charge on any atom is 0.391 e. The van der Waals surface area contributed by atoms with Gasteiger partial charge in [0.1, 0.15) is 11.6 Å². The zero-order valence-electron chi connectivity index (χ0n) is 13.4. The fraction of sp³-hybridized carbons (Fsp3) is 0.444. The number of allylic oxidation sites excluding steroid dienone is 1. The third-order valence-corrected chi connectivity index (χ3v) is 5.37. The van der Waals surface area contributed by atoms with Gasteiger partial charge in [-0.2, -0.15) is 13.2 Å². The van der Waals surface area contributed by atoms with Gasteiger partial charge in [0.05, 0.1) is 11.6 Å². The second-order valence-corrected chi connectivity index (χ2v) is 7.15. The number of nitrogens with zero attached hydrogens (tertiary/aromatic N) is 3. The lowest BCUT2D eigenvalue weighted by Gasteiger charge is -2.29. The van der Waals surface area contributed by atoms with Crippen LogP contribution in [0.2, 0.25) is 5.02 Å². The van der Waals surface area contributed by atoms with Gasteiger partial charge >= 0.3 is 6.18 Å². The van der Waals surface area contributed by atoms with E-state index in [1.165, 1.54) is 0 Å². The van der Waals surface area contributed by atoms with Gasteiger partial charge < -0.3 is 0 Å². The van der Waals surface area contributed by atoms with Gasteiger partial charge in [0.2, 0.25) is 0 Å². The molecule has 3 nitrogen and oxygen atoms in total. The van der Waals surface area contributed by atoms with E-state index < -0.39 is 12.1 Å². The molecule has 2 heterocycles. The molecule has 132 valence electrons. The van der Waals surface area contributed by atoms with E-state index >= 15 is 0 Å². The lowest BCUT2D eigenvalue weighted by molar-refractivity contribution is -0.182. The standard InChI is InChI=1S/C18H17ClF3N3/c19-14-8-9-15-12(10-14)2-1-3-16-23-24-17(25(15)16)11-4-6-13(7-5-11)18(20,21)22/h1-2,8-11,13H,3-7H2. The Labute approximate surface area is 148 Å². The molecule has 0 atom stereocenters. The summed E-state index contributed by atoms with van der Waals surface area (Å²) in [5.41, 5.74) is 1.90. The summed E-state index contributed by atoms with van der Waals surface area (Å²) < 4.78 is 40.8. The Morgan fingerprint density at radius 1 is 1.08 bits per heavy atom. The number of benzene rings is 1. The summed E-state index contributed by atoms with van der Waals surface area (Å²) in [6.45, 7) is 0. The van der Waals surface area contributed by atoms with Crippen molar-refractivity contribution in [1.82, 2.24) is 14.8 Å². The molecule has 2 aromatic rings. The largest absolute Gasteiger partial charge is 0.391 e. The summed E-state index contributed by atoms with van der Waals surface area (Å²) >= 11 is 6.10. The minimum absolute atomic E-state index is 0.00137. The predicted octanol–water partition coefficient (Wildman–Crippen LogP) is 5.33. The third kappa shape index (κ3) is 3.08. The Morgan fingerprint density at radius 3 is 2.56 bits per heavy atom. The molecule has 1 aromatic carbocycles. The number of rotatable bonds is 1. The molecule has 0 amide bonds. The molecule has 0 unspecified atom stereocenters. The number of halogens is 4. The number of alkyl halides is 3. The van der Waals surface area contributed by atoms with Gasteiger partial charge in [0.15, 0.2) is 0 Å². The van der Waals surface area contributed by atoms with Crippen molar-refractivity contribution in [3.05, 3.63) is 46.5 Å². The van der Waals surface area contributed by atoms with Crippen molar-refractivity contribution >= 4 is 17.7 Å². The molecule has 1 aromatic heterocycles. The van der Waals surface area contributed by atoms with Gasteiger partial charge in [-0.25, -0.2) is 0 Å². The SMILES string of the molecule is FC(F)(F)C1CCC(c2nnc3n2-c2ccc(Cl)cc2C=CC3)CC1. The van der Waals surface area contributed by atoms with Crippen LogP contribution in [0, 0.1) is 5.92 Å². The summed E-state index contributed by atoms with van der Waals surface area (Å²) in [7, 11) is 0. The van der Waals surface area contributed by atoms with Crippen LogP contribution in [0.25, 0.3) is 11.8 Å². The second kappa shape index (κ2) is 6.16. The first-order chi connectivity index (χ1) is 11.9. The predicted molar refractivity (Wildman–Crippen MR) is 89.9 cm³/mol. The minimum Gasteiger partial charge on any atom is -0.282 e. The highest BCUT2D eigenvalue weighted by Crippen LogP contribution is 2.43. The summed E-state index contributed by atoms with van der Waals surface area (Å²) in [5, 5.41) is 9.27. The van der Waals surface area contributed by atoms with Crippen LogP contribution in [0.1, 0.15) is 48.8 Å². The van der Waals surface area contributed by atoms with Crippen LogP contribution < -0.4 is 0 Å². The van der Waals surface area contributed by atoms with Crippen LogP contribution >= 0.6 is 11.6 Å². The molecule has 0 spiro atoms. The van der Waals surface area contributed by atoms with E-state index in [0.29, 0.717) is 24.3 Å². The first kappa shape index (κ1) is 16.6. The topological polar surface area (TPSA) is 30.7 Å². The molecule has 25 heavy (non-hydrogen) atoms. The average Bonchev–Trinajstić information content (AvgIpc) is 2.90. The fourth-order valence-corrected chi connectivity index (χ4v) is 4.00. The Hall–Kier alpha value is -1.82. The molecule has 4 rings (SSSR count). The van der Waals surface area contributed by atoms with Gasteiger partial charge in [0, 0.05) is 17.4 Å². The average molecular weight is 368 g/mol. The fourth-order valence-electron chi connectivity index (χ4n) is 3.82. The third-order valence-electron chi connectivity index (χ3n) is 5.14. The van der Waals surface area contributed by atoms with Crippen molar-refractivity contribution < 1.29 is 13.2 Å². The molecular formula is C18H17ClF3N3. The summed E-state index contributed by atoms with van der Waals surface area (Å²) in [6.07, 6.45) is 1.83. The van der Waals surface area contributed by atoms with Crippen molar-refractivity contribution in [2.45, 2.75) is 44.2 Å². The van der Waals surface area contributed by atoms with Crippen LogP contribution in [0.15, 0.2) is 24.3 Å². The van der Waals surface area contributed by atoms with Gasteiger partial charge in [-0.15, -0.1) is 10.2 Å². The Kier molecular flexibility index (Phi) is 4.10. The van der Waals surface area contributed by atoms with E-state index in [0.717, 1.165) is 22.9 Å². The Bertz CT molecular complexity index is 817. The number of aromatic nitrogens is 3. The molecule has 0 saturated heterocycles. The smallest absolute Gasteiger partial charge is 0.282 e. The highest BCUT2D eigenvalue weighted by atomic mass is 35.5. The van der Waals surface area contributed by atoms with Gasteiger partial charge in [-0.3, -0.25) is 4.57 Å². The van der Waals surface area contributed by atoms with E-state index in [1.807, 2.05) is 34.9 Å². The maximum atomic E-state index is 12.9. The van der Waals surface area contributed by atoms with Crippen LogP contribution in [-0.4, -0.2) is 20.9 Å². The van der Waals surface area contributed by atoms with Crippen LogP contribution in [0.3, 0.4) is 0 Å². The van der Waals surface area contributed by atoms with E-state index in [-0.39, 0.29) is 18.8 Å². The monoisotopic (exact) mass is 367 g/mol. The quantitative estimate of drug-likeness (QED) is 0.682. The molecule has 7 heteroatoms. The van der Waals surface area contributed by atoms with Crippen LogP contribution in [0.5, 0.6) is 0 Å². The second-order valence-electron chi connectivity index (χ2n) is 6.71. The molecule has 1 fully saturated rings. The normalized spacial score (nSPS) is 23.0. The number of fused-ring (bicyclic) bond motifs is 3. The van der Waals surface area contributed by atoms with Gasteiger partial charge in [-0.05, 0) is 49.4 Å². The molecule has 0 bridgehead atoms. The van der Waals surface area contributed by atoms with E-state index in [2.05, 4.69) is 10.2 Å². The minimum atomic E-state index is -4.10. The van der Waals surface area contributed by atoms with Crippen molar-refractivity contribution in [2.75, 3.05) is 0 Å². The first-order valence-electron chi connectivity index (χ1n) is 8.41. The molecule has 1 saturated carbocycles. The zero-order chi connectivity index (χ0) is 17.6. The van der Waals surface area contributed by atoms with Crippen LogP contribution in [0.4, 0.5) is 13.2 Å². The first-order valence-corrected chi connectivity index (χ1v) is 8.78. The van der Waals surface area contributed by atoms with Crippen molar-refractivity contribution in [3.63, 3.8) is 0 Å². The summed E-state index contributed by atoms with van der Waals surface area (Å²) in [6, 6.07) is 5.62. The Balaban J connectivity index is 1.68. The van der Waals surface area contributed by atoms with Crippen molar-refractivity contribution in [2.24, 2.45) is 5.92 Å². The summed E-state index contributed by atoms with van der Waals surface area (Å²) in [5.74, 6) is 0.387. The molecule has 1 aliphatic heterocycles.